The predicted octanol–water partition coefficient (Wildman–Crippen LogP) is 2.37. The van der Waals surface area contributed by atoms with Crippen LogP contribution in [0.1, 0.15) is 21.6 Å². The number of hydrogen-bond donors (Lipinski definition) is 1. The molecule has 1 aromatic heterocycles. The maximum Gasteiger partial charge on any atom is 0.357 e. The van der Waals surface area contributed by atoms with Gasteiger partial charge < -0.3 is 19.8 Å². The van der Waals surface area contributed by atoms with Gasteiger partial charge in [-0.05, 0) is 18.2 Å². The first-order valence-electron chi connectivity index (χ1n) is 6.37. The number of esters is 1. The summed E-state index contributed by atoms with van der Waals surface area (Å²) in [6.45, 7) is 3.73. The summed E-state index contributed by atoms with van der Waals surface area (Å²) in [5.41, 5.74) is 7.66. The van der Waals surface area contributed by atoms with E-state index in [2.05, 4.69) is 6.58 Å². The van der Waals surface area contributed by atoms with Crippen molar-refractivity contribution in [1.82, 2.24) is 4.57 Å². The molecule has 0 aliphatic heterocycles. The highest BCUT2D eigenvalue weighted by Crippen LogP contribution is 2.28. The van der Waals surface area contributed by atoms with Gasteiger partial charge in [-0.25, -0.2) is 4.79 Å². The Balaban J connectivity index is 2.70. The highest BCUT2D eigenvalue weighted by Gasteiger charge is 2.21. The van der Waals surface area contributed by atoms with Crippen LogP contribution in [0.2, 0.25) is 0 Å². The first-order chi connectivity index (χ1) is 10.6. The van der Waals surface area contributed by atoms with E-state index < -0.39 is 5.97 Å². The van der Waals surface area contributed by atoms with Gasteiger partial charge in [-0.1, -0.05) is 12.7 Å². The summed E-state index contributed by atoms with van der Waals surface area (Å²) in [5.74, 6) is 0.0361. The molecule has 1 heterocycles. The minimum Gasteiger partial charge on any atom is -0.496 e. The average molecular weight is 297 g/mol. The predicted molar refractivity (Wildman–Crippen MR) is 82.9 cm³/mol. The Hall–Kier alpha value is -3.20. The molecule has 6 heteroatoms. The smallest absolute Gasteiger partial charge is 0.357 e. The molecule has 0 unspecified atom stereocenters. The molecule has 0 atom stereocenters. The largest absolute Gasteiger partial charge is 0.496 e. The fourth-order valence-electron chi connectivity index (χ4n) is 2.15. The van der Waals surface area contributed by atoms with Crippen LogP contribution >= 0.6 is 0 Å². The minimum absolute atomic E-state index is 0.0883. The molecule has 22 heavy (non-hydrogen) atoms. The summed E-state index contributed by atoms with van der Waals surface area (Å²) >= 11 is 0. The Bertz CT molecular complexity index is 785. The van der Waals surface area contributed by atoms with Crippen LogP contribution in [-0.4, -0.2) is 24.8 Å². The van der Waals surface area contributed by atoms with E-state index in [0.29, 0.717) is 11.4 Å². The lowest BCUT2D eigenvalue weighted by molar-refractivity contribution is 0.0593. The number of nitrogens with two attached hydrogens (primary N) is 1. The second-order valence-corrected chi connectivity index (χ2v) is 4.41. The summed E-state index contributed by atoms with van der Waals surface area (Å²) in [7, 11) is 2.82. The van der Waals surface area contributed by atoms with Gasteiger partial charge in [0.25, 0.3) is 0 Å². The highest BCUT2D eigenvalue weighted by molar-refractivity contribution is 5.96. The lowest BCUT2D eigenvalue weighted by Gasteiger charge is -2.11. The third-order valence-electron chi connectivity index (χ3n) is 3.25. The van der Waals surface area contributed by atoms with Gasteiger partial charge in [-0.3, -0.25) is 0 Å². The zero-order chi connectivity index (χ0) is 16.3. The number of nitrogen functional groups attached to an aromatic ring is 1. The van der Waals surface area contributed by atoms with Crippen LogP contribution in [0, 0.1) is 11.3 Å². The van der Waals surface area contributed by atoms with Crippen molar-refractivity contribution in [3.05, 3.63) is 47.8 Å². The van der Waals surface area contributed by atoms with Crippen molar-refractivity contribution in [3.8, 4) is 17.5 Å². The molecule has 0 fully saturated rings. The number of anilines is 1. The minimum atomic E-state index is -0.616. The quantitative estimate of drug-likeness (QED) is 0.875. The monoisotopic (exact) mass is 297 g/mol. The van der Waals surface area contributed by atoms with Crippen LogP contribution in [0.15, 0.2) is 31.0 Å². The molecule has 0 radical (unpaired) electrons. The van der Waals surface area contributed by atoms with E-state index in [1.807, 2.05) is 6.07 Å². The third kappa shape index (κ3) is 2.40. The molecule has 0 aliphatic rings. The summed E-state index contributed by atoms with van der Waals surface area (Å²) in [5, 5.41) is 9.11. The number of nitrogens with zero attached hydrogens (tertiary/aromatic N) is 2. The number of carbonyl (C=O) groups excluding carboxylic acids is 1. The number of aromatic nitrogens is 1. The van der Waals surface area contributed by atoms with Crippen molar-refractivity contribution < 1.29 is 14.3 Å². The number of hydrogen-bond acceptors (Lipinski definition) is 5. The number of ether oxygens (including phenoxy) is 2. The molecular formula is C16H15N3O3. The fraction of sp³-hybridized carbons (Fsp3) is 0.125. The van der Waals surface area contributed by atoms with Crippen LogP contribution < -0.4 is 10.5 Å². The van der Waals surface area contributed by atoms with Crippen molar-refractivity contribution in [2.45, 2.75) is 0 Å². The topological polar surface area (TPSA) is 90.3 Å². The maximum atomic E-state index is 12.0. The Labute approximate surface area is 128 Å². The van der Waals surface area contributed by atoms with E-state index in [9.17, 15) is 4.79 Å². The van der Waals surface area contributed by atoms with E-state index in [-0.39, 0.29) is 16.9 Å². The molecule has 0 aliphatic carbocycles. The standard InChI is InChI=1S/C16H15N3O3/c1-4-10-7-12(5-6-13(10)21-2)19-9-11(8-17)14(18)15(19)16(20)22-3/h4-7,9H,1,18H2,2-3H3. The van der Waals surface area contributed by atoms with Gasteiger partial charge in [0.15, 0.2) is 5.69 Å². The Morgan fingerprint density at radius 2 is 2.18 bits per heavy atom. The zero-order valence-corrected chi connectivity index (χ0v) is 12.3. The molecule has 2 aromatic rings. The normalized spacial score (nSPS) is 9.86. The lowest BCUT2D eigenvalue weighted by Crippen LogP contribution is -2.11. The van der Waals surface area contributed by atoms with Gasteiger partial charge in [0.1, 0.15) is 11.8 Å². The van der Waals surface area contributed by atoms with Gasteiger partial charge >= 0.3 is 5.97 Å². The van der Waals surface area contributed by atoms with Gasteiger partial charge in [0.2, 0.25) is 0 Å². The zero-order valence-electron chi connectivity index (χ0n) is 12.3. The fourth-order valence-corrected chi connectivity index (χ4v) is 2.15. The molecule has 0 saturated heterocycles. The second-order valence-electron chi connectivity index (χ2n) is 4.41. The van der Waals surface area contributed by atoms with Crippen LogP contribution in [0.5, 0.6) is 5.75 Å². The molecule has 112 valence electrons. The Kier molecular flexibility index (Phi) is 4.18. The Morgan fingerprint density at radius 1 is 1.45 bits per heavy atom. The molecular weight excluding hydrogens is 282 g/mol. The average Bonchev–Trinajstić information content (AvgIpc) is 2.89. The van der Waals surface area contributed by atoms with Crippen LogP contribution in [0.4, 0.5) is 5.69 Å². The van der Waals surface area contributed by atoms with Crippen molar-refractivity contribution in [2.75, 3.05) is 20.0 Å². The van der Waals surface area contributed by atoms with Gasteiger partial charge in [0.05, 0.1) is 25.5 Å². The van der Waals surface area contributed by atoms with Gasteiger partial charge in [0, 0.05) is 17.4 Å². The number of rotatable bonds is 4. The first-order valence-corrected chi connectivity index (χ1v) is 6.37. The molecule has 0 bridgehead atoms. The number of carbonyl (C=O) groups is 1. The second kappa shape index (κ2) is 6.06. The maximum absolute atomic E-state index is 12.0. The van der Waals surface area contributed by atoms with Crippen LogP contribution in [-0.2, 0) is 4.74 Å². The molecule has 1 aromatic carbocycles. The summed E-state index contributed by atoms with van der Waals surface area (Å²) in [6, 6.07) is 7.23. The van der Waals surface area contributed by atoms with E-state index in [0.717, 1.165) is 5.56 Å². The first kappa shape index (κ1) is 15.2. The number of nitriles is 1. The molecule has 2 rings (SSSR count). The van der Waals surface area contributed by atoms with Crippen LogP contribution in [0.3, 0.4) is 0 Å². The number of benzene rings is 1. The summed E-state index contributed by atoms with van der Waals surface area (Å²) in [4.78, 5) is 12.0. The third-order valence-corrected chi connectivity index (χ3v) is 3.25. The van der Waals surface area contributed by atoms with E-state index in [4.69, 9.17) is 20.5 Å². The lowest BCUT2D eigenvalue weighted by atomic mass is 10.1. The van der Waals surface area contributed by atoms with Crippen molar-refractivity contribution >= 4 is 17.7 Å². The molecule has 0 saturated carbocycles. The van der Waals surface area contributed by atoms with Crippen molar-refractivity contribution in [3.63, 3.8) is 0 Å². The van der Waals surface area contributed by atoms with E-state index in [1.54, 1.807) is 31.4 Å². The van der Waals surface area contributed by atoms with E-state index in [1.165, 1.54) is 17.9 Å². The SMILES string of the molecule is C=Cc1cc(-n2cc(C#N)c(N)c2C(=O)OC)ccc1OC. The van der Waals surface area contributed by atoms with Gasteiger partial charge in [-0.2, -0.15) is 5.26 Å². The van der Waals surface area contributed by atoms with E-state index >= 15 is 0 Å². The Morgan fingerprint density at radius 3 is 2.73 bits per heavy atom. The molecule has 6 nitrogen and oxygen atoms in total. The van der Waals surface area contributed by atoms with Gasteiger partial charge in [-0.15, -0.1) is 0 Å². The van der Waals surface area contributed by atoms with Crippen LogP contribution in [0.25, 0.3) is 11.8 Å². The molecule has 2 N–H and O–H groups in total. The summed E-state index contributed by atoms with van der Waals surface area (Å²) < 4.78 is 11.5. The molecule has 0 spiro atoms. The van der Waals surface area contributed by atoms with Crippen molar-refractivity contribution in [1.29, 1.82) is 5.26 Å². The summed E-state index contributed by atoms with van der Waals surface area (Å²) in [6.07, 6.45) is 3.13. The van der Waals surface area contributed by atoms with Crippen molar-refractivity contribution in [2.24, 2.45) is 0 Å². The molecule has 0 amide bonds. The highest BCUT2D eigenvalue weighted by atomic mass is 16.5. The number of methoxy groups -OCH3 is 2.